The molecule has 5 rings (SSSR count). The van der Waals surface area contributed by atoms with E-state index in [0.717, 1.165) is 15.8 Å². The summed E-state index contributed by atoms with van der Waals surface area (Å²) in [5, 5.41) is 1.10. The van der Waals surface area contributed by atoms with Crippen molar-refractivity contribution in [1.29, 1.82) is 0 Å². The number of fused-ring (bicyclic) bond motifs is 1. The van der Waals surface area contributed by atoms with Gasteiger partial charge >= 0.3 is 0 Å². The number of piperidine rings is 1. The third-order valence-corrected chi connectivity index (χ3v) is 9.74. The van der Waals surface area contributed by atoms with Crippen LogP contribution >= 0.6 is 22.9 Å². The Morgan fingerprint density at radius 2 is 1.78 bits per heavy atom. The van der Waals surface area contributed by atoms with Crippen molar-refractivity contribution >= 4 is 54.2 Å². The molecule has 0 aliphatic carbocycles. The number of benzene rings is 3. The predicted molar refractivity (Wildman–Crippen MR) is 147 cm³/mol. The lowest BCUT2D eigenvalue weighted by atomic mass is 9.96. The van der Waals surface area contributed by atoms with Gasteiger partial charge in [-0.2, -0.15) is 4.31 Å². The van der Waals surface area contributed by atoms with Crippen LogP contribution in [-0.2, 0) is 21.4 Å². The lowest BCUT2D eigenvalue weighted by molar-refractivity contribution is -0.123. The molecule has 4 aromatic rings. The Morgan fingerprint density at radius 3 is 2.46 bits per heavy atom. The van der Waals surface area contributed by atoms with Crippen LogP contribution in [0.1, 0.15) is 18.4 Å². The Balaban J connectivity index is 1.37. The molecule has 0 N–H and O–H groups in total. The van der Waals surface area contributed by atoms with E-state index in [-0.39, 0.29) is 29.8 Å². The zero-order valence-corrected chi connectivity index (χ0v) is 22.6. The van der Waals surface area contributed by atoms with Crippen LogP contribution in [0.3, 0.4) is 0 Å². The first-order valence-electron chi connectivity index (χ1n) is 11.9. The van der Waals surface area contributed by atoms with Gasteiger partial charge in [0.1, 0.15) is 5.75 Å². The maximum atomic E-state index is 13.9. The molecular weight excluding hydrogens is 530 g/mol. The van der Waals surface area contributed by atoms with Gasteiger partial charge in [0.2, 0.25) is 15.9 Å². The number of aromatic nitrogens is 1. The van der Waals surface area contributed by atoms with E-state index in [0.29, 0.717) is 35.3 Å². The van der Waals surface area contributed by atoms with Crippen molar-refractivity contribution in [3.8, 4) is 5.75 Å². The van der Waals surface area contributed by atoms with E-state index in [1.165, 1.54) is 27.8 Å². The number of ether oxygens (including phenoxy) is 1. The zero-order valence-electron chi connectivity index (χ0n) is 20.2. The number of carbonyl (C=O) groups excluding carboxylic acids is 1. The molecule has 1 saturated heterocycles. The summed E-state index contributed by atoms with van der Waals surface area (Å²) in [4.78, 5) is 20.6. The number of rotatable bonds is 7. The monoisotopic (exact) mass is 555 g/mol. The van der Waals surface area contributed by atoms with Gasteiger partial charge in [0, 0.05) is 30.1 Å². The fourth-order valence-corrected chi connectivity index (χ4v) is 7.01. The van der Waals surface area contributed by atoms with Crippen molar-refractivity contribution < 1.29 is 17.9 Å². The lowest BCUT2D eigenvalue weighted by Crippen LogP contribution is -2.44. The predicted octanol–water partition coefficient (Wildman–Crippen LogP) is 5.59. The van der Waals surface area contributed by atoms with E-state index in [1.807, 2.05) is 48.5 Å². The number of sulfonamides is 1. The van der Waals surface area contributed by atoms with Gasteiger partial charge in [0.15, 0.2) is 5.13 Å². The number of hydrogen-bond acceptors (Lipinski definition) is 6. The number of thiazole rings is 1. The number of hydrogen-bond donors (Lipinski definition) is 0. The molecule has 1 aliphatic heterocycles. The van der Waals surface area contributed by atoms with Crippen LogP contribution in [0.4, 0.5) is 5.13 Å². The number of amides is 1. The minimum atomic E-state index is -3.65. The van der Waals surface area contributed by atoms with Crippen molar-refractivity contribution in [1.82, 2.24) is 9.29 Å². The summed E-state index contributed by atoms with van der Waals surface area (Å²) in [6, 6.07) is 21.7. The number of anilines is 1. The SMILES string of the molecule is COc1ccc2sc(N(Cc3ccccc3)C(=O)C3CCN(S(=O)(=O)c4ccc(Cl)cc4)CC3)nc2c1. The van der Waals surface area contributed by atoms with Crippen LogP contribution < -0.4 is 9.64 Å². The largest absolute Gasteiger partial charge is 0.497 e. The molecule has 7 nitrogen and oxygen atoms in total. The van der Waals surface area contributed by atoms with E-state index in [1.54, 1.807) is 24.1 Å². The highest BCUT2D eigenvalue weighted by Gasteiger charge is 2.35. The minimum absolute atomic E-state index is 0.0431. The third-order valence-electron chi connectivity index (χ3n) is 6.52. The molecule has 0 radical (unpaired) electrons. The fraction of sp³-hybridized carbons (Fsp3) is 0.259. The van der Waals surface area contributed by atoms with E-state index in [9.17, 15) is 13.2 Å². The Labute approximate surface area is 225 Å². The summed E-state index contributed by atoms with van der Waals surface area (Å²) in [7, 11) is -2.03. The van der Waals surface area contributed by atoms with Crippen LogP contribution in [0.15, 0.2) is 77.7 Å². The van der Waals surface area contributed by atoms with Gasteiger partial charge in [-0.1, -0.05) is 53.3 Å². The molecule has 0 spiro atoms. The Kier molecular flexibility index (Phi) is 7.48. The molecule has 0 unspecified atom stereocenters. The third kappa shape index (κ3) is 5.50. The highest BCUT2D eigenvalue weighted by molar-refractivity contribution is 7.89. The molecule has 3 aromatic carbocycles. The van der Waals surface area contributed by atoms with Gasteiger partial charge in [-0.05, 0) is 54.8 Å². The topological polar surface area (TPSA) is 79.8 Å². The van der Waals surface area contributed by atoms with Crippen LogP contribution in [0.5, 0.6) is 5.75 Å². The number of methoxy groups -OCH3 is 1. The van der Waals surface area contributed by atoms with Crippen molar-refractivity contribution in [3.63, 3.8) is 0 Å². The molecule has 1 amide bonds. The summed E-state index contributed by atoms with van der Waals surface area (Å²) in [6.45, 7) is 0.940. The lowest BCUT2D eigenvalue weighted by Gasteiger charge is -2.33. The van der Waals surface area contributed by atoms with E-state index < -0.39 is 10.0 Å². The van der Waals surface area contributed by atoms with E-state index >= 15 is 0 Å². The quantitative estimate of drug-likeness (QED) is 0.297. The molecule has 10 heteroatoms. The van der Waals surface area contributed by atoms with Crippen LogP contribution in [0.2, 0.25) is 5.02 Å². The molecule has 1 aliphatic rings. The average Bonchev–Trinajstić information content (AvgIpc) is 3.35. The summed E-state index contributed by atoms with van der Waals surface area (Å²) in [5.74, 6) is 0.361. The maximum Gasteiger partial charge on any atom is 0.243 e. The highest BCUT2D eigenvalue weighted by Crippen LogP contribution is 2.34. The fourth-order valence-electron chi connectivity index (χ4n) is 4.46. The first kappa shape index (κ1) is 25.7. The number of nitrogens with zero attached hydrogens (tertiary/aromatic N) is 3. The van der Waals surface area contributed by atoms with Gasteiger partial charge in [-0.3, -0.25) is 9.69 Å². The standard InChI is InChI=1S/C27H26ClN3O4S2/c1-35-22-9-12-25-24(17-22)29-27(36-25)31(18-19-5-3-2-4-6-19)26(32)20-13-15-30(16-14-20)37(33,34)23-10-7-21(28)8-11-23/h2-12,17,20H,13-16,18H2,1H3. The molecule has 2 heterocycles. The van der Waals surface area contributed by atoms with Gasteiger partial charge < -0.3 is 4.74 Å². The second-order valence-corrected chi connectivity index (χ2v) is 12.3. The second-order valence-electron chi connectivity index (χ2n) is 8.87. The smallest absolute Gasteiger partial charge is 0.243 e. The normalized spacial score (nSPS) is 15.1. The summed E-state index contributed by atoms with van der Waals surface area (Å²) in [6.07, 6.45) is 0.880. The molecule has 1 aromatic heterocycles. The van der Waals surface area contributed by atoms with Crippen molar-refractivity contribution in [2.24, 2.45) is 5.92 Å². The molecule has 37 heavy (non-hydrogen) atoms. The molecular formula is C27H26ClN3O4S2. The Morgan fingerprint density at radius 1 is 1.08 bits per heavy atom. The minimum Gasteiger partial charge on any atom is -0.497 e. The number of halogens is 1. The second kappa shape index (κ2) is 10.8. The van der Waals surface area contributed by atoms with Crippen molar-refractivity contribution in [2.45, 2.75) is 24.3 Å². The molecule has 0 saturated carbocycles. The zero-order chi connectivity index (χ0) is 26.0. The van der Waals surface area contributed by atoms with Gasteiger partial charge in [-0.15, -0.1) is 0 Å². The molecule has 1 fully saturated rings. The van der Waals surface area contributed by atoms with Crippen molar-refractivity contribution in [3.05, 3.63) is 83.4 Å². The van der Waals surface area contributed by atoms with Gasteiger partial charge in [-0.25, -0.2) is 13.4 Å². The summed E-state index contributed by atoms with van der Waals surface area (Å²) in [5.41, 5.74) is 1.77. The summed E-state index contributed by atoms with van der Waals surface area (Å²) >= 11 is 7.38. The van der Waals surface area contributed by atoms with E-state index in [4.69, 9.17) is 21.3 Å². The van der Waals surface area contributed by atoms with Gasteiger partial charge in [0.25, 0.3) is 0 Å². The van der Waals surface area contributed by atoms with Crippen LogP contribution in [-0.4, -0.2) is 43.8 Å². The highest BCUT2D eigenvalue weighted by atomic mass is 35.5. The van der Waals surface area contributed by atoms with E-state index in [2.05, 4.69) is 0 Å². The molecule has 0 atom stereocenters. The molecule has 0 bridgehead atoms. The van der Waals surface area contributed by atoms with Crippen LogP contribution in [0.25, 0.3) is 10.2 Å². The first-order chi connectivity index (χ1) is 17.8. The summed E-state index contributed by atoms with van der Waals surface area (Å²) < 4.78 is 33.9. The van der Waals surface area contributed by atoms with Crippen LogP contribution in [0, 0.1) is 5.92 Å². The maximum absolute atomic E-state index is 13.9. The average molecular weight is 556 g/mol. The Hall–Kier alpha value is -2.98. The van der Waals surface area contributed by atoms with Crippen molar-refractivity contribution in [2.75, 3.05) is 25.1 Å². The first-order valence-corrected chi connectivity index (χ1v) is 14.5. The van der Waals surface area contributed by atoms with Gasteiger partial charge in [0.05, 0.1) is 28.8 Å². The number of carbonyl (C=O) groups is 1. The molecule has 192 valence electrons. The Bertz CT molecular complexity index is 1500.